The van der Waals surface area contributed by atoms with Crippen molar-refractivity contribution in [3.05, 3.63) is 52.0 Å². The van der Waals surface area contributed by atoms with Crippen molar-refractivity contribution in [1.82, 2.24) is 4.98 Å². The van der Waals surface area contributed by atoms with Gasteiger partial charge in [-0.05, 0) is 16.5 Å². The van der Waals surface area contributed by atoms with Crippen molar-refractivity contribution < 1.29 is 0 Å². The van der Waals surface area contributed by atoms with Crippen molar-refractivity contribution in [1.29, 1.82) is 0 Å². The Hall–Kier alpha value is -1.19. The molecule has 1 aromatic carbocycles. The van der Waals surface area contributed by atoms with Crippen LogP contribution >= 0.6 is 11.3 Å². The highest BCUT2D eigenvalue weighted by Gasteiger charge is 2.15. The van der Waals surface area contributed by atoms with E-state index in [4.69, 9.17) is 5.73 Å². The van der Waals surface area contributed by atoms with Gasteiger partial charge in [-0.1, -0.05) is 45.0 Å². The van der Waals surface area contributed by atoms with Gasteiger partial charge in [0, 0.05) is 11.1 Å². The zero-order chi connectivity index (χ0) is 12.5. The number of hydrogen-bond acceptors (Lipinski definition) is 3. The molecule has 2 rings (SSSR count). The molecule has 2 aromatic rings. The van der Waals surface area contributed by atoms with Crippen LogP contribution in [-0.2, 0) is 5.41 Å². The fraction of sp³-hybridized carbons (Fsp3) is 0.357. The molecular formula is C14H18N2S. The van der Waals surface area contributed by atoms with Crippen LogP contribution in [0, 0.1) is 0 Å². The van der Waals surface area contributed by atoms with E-state index >= 15 is 0 Å². The molecule has 2 nitrogen and oxygen atoms in total. The molecule has 17 heavy (non-hydrogen) atoms. The Balaban J connectivity index is 2.24. The topological polar surface area (TPSA) is 38.9 Å². The summed E-state index contributed by atoms with van der Waals surface area (Å²) in [6.45, 7) is 6.64. The quantitative estimate of drug-likeness (QED) is 0.881. The van der Waals surface area contributed by atoms with Gasteiger partial charge < -0.3 is 5.73 Å². The molecule has 3 heteroatoms. The fourth-order valence-corrected chi connectivity index (χ4v) is 2.38. The van der Waals surface area contributed by atoms with Crippen molar-refractivity contribution in [3.63, 3.8) is 0 Å². The Bertz CT molecular complexity index is 466. The maximum Gasteiger partial charge on any atom is 0.0794 e. The van der Waals surface area contributed by atoms with Gasteiger partial charge in [-0.2, -0.15) is 0 Å². The lowest BCUT2D eigenvalue weighted by molar-refractivity contribution is 0.590. The van der Waals surface area contributed by atoms with E-state index < -0.39 is 0 Å². The van der Waals surface area contributed by atoms with Gasteiger partial charge >= 0.3 is 0 Å². The van der Waals surface area contributed by atoms with Crippen LogP contribution in [0.2, 0.25) is 0 Å². The predicted octanol–water partition coefficient (Wildman–Crippen LogP) is 3.49. The molecule has 90 valence electrons. The molecule has 0 spiro atoms. The molecule has 0 aliphatic carbocycles. The Morgan fingerprint density at radius 2 is 1.82 bits per heavy atom. The van der Waals surface area contributed by atoms with Crippen LogP contribution in [0.1, 0.15) is 42.8 Å². The molecule has 1 atom stereocenters. The smallest absolute Gasteiger partial charge is 0.0794 e. The molecule has 2 N–H and O–H groups in total. The molecule has 0 bridgehead atoms. The molecule has 0 saturated heterocycles. The van der Waals surface area contributed by atoms with Crippen LogP contribution in [0.5, 0.6) is 0 Å². The lowest BCUT2D eigenvalue weighted by Crippen LogP contribution is -2.13. The van der Waals surface area contributed by atoms with Gasteiger partial charge in [-0.15, -0.1) is 11.3 Å². The number of benzene rings is 1. The van der Waals surface area contributed by atoms with E-state index in [0.717, 1.165) is 10.4 Å². The van der Waals surface area contributed by atoms with Gasteiger partial charge in [0.1, 0.15) is 0 Å². The number of nitrogens with zero attached hydrogens (tertiary/aromatic N) is 1. The third-order valence-corrected chi connectivity index (χ3v) is 3.75. The summed E-state index contributed by atoms with van der Waals surface area (Å²) in [7, 11) is 0. The molecule has 0 aliphatic rings. The SMILES string of the molecule is CC(C)(C)c1ccc(C(N)c2cncs2)cc1. The molecule has 0 aliphatic heterocycles. The first-order chi connectivity index (χ1) is 7.98. The lowest BCUT2D eigenvalue weighted by Gasteiger charge is -2.20. The van der Waals surface area contributed by atoms with Crippen LogP contribution in [0.4, 0.5) is 0 Å². The molecule has 0 saturated carbocycles. The number of thiazole rings is 1. The first-order valence-corrected chi connectivity index (χ1v) is 6.61. The minimum atomic E-state index is -0.0588. The molecule has 1 unspecified atom stereocenters. The molecule has 0 amide bonds. The summed E-state index contributed by atoms with van der Waals surface area (Å²) in [5.74, 6) is 0. The highest BCUT2D eigenvalue weighted by Crippen LogP contribution is 2.26. The predicted molar refractivity (Wildman–Crippen MR) is 73.3 cm³/mol. The zero-order valence-corrected chi connectivity index (χ0v) is 11.3. The first-order valence-electron chi connectivity index (χ1n) is 5.73. The van der Waals surface area contributed by atoms with E-state index in [2.05, 4.69) is 50.0 Å². The Kier molecular flexibility index (Phi) is 3.31. The maximum absolute atomic E-state index is 6.19. The lowest BCUT2D eigenvalue weighted by atomic mass is 9.86. The number of aromatic nitrogens is 1. The second kappa shape index (κ2) is 4.59. The first kappa shape index (κ1) is 12.3. The van der Waals surface area contributed by atoms with Gasteiger partial charge in [0.05, 0.1) is 11.6 Å². The summed E-state index contributed by atoms with van der Waals surface area (Å²) in [5.41, 5.74) is 10.7. The number of nitrogens with two attached hydrogens (primary N) is 1. The zero-order valence-electron chi connectivity index (χ0n) is 10.5. The van der Waals surface area contributed by atoms with Gasteiger partial charge in [0.25, 0.3) is 0 Å². The third-order valence-electron chi connectivity index (χ3n) is 2.89. The number of rotatable bonds is 2. The van der Waals surface area contributed by atoms with Crippen LogP contribution < -0.4 is 5.73 Å². The Morgan fingerprint density at radius 1 is 1.18 bits per heavy atom. The van der Waals surface area contributed by atoms with E-state index in [9.17, 15) is 0 Å². The van der Waals surface area contributed by atoms with Crippen molar-refractivity contribution >= 4 is 11.3 Å². The molecule has 1 heterocycles. The average molecular weight is 246 g/mol. The monoisotopic (exact) mass is 246 g/mol. The summed E-state index contributed by atoms with van der Waals surface area (Å²) < 4.78 is 0. The Morgan fingerprint density at radius 3 is 2.29 bits per heavy atom. The van der Waals surface area contributed by atoms with Crippen LogP contribution in [0.3, 0.4) is 0 Å². The summed E-state index contributed by atoms with van der Waals surface area (Å²) in [6, 6.07) is 8.50. The average Bonchev–Trinajstić information content (AvgIpc) is 2.80. The summed E-state index contributed by atoms with van der Waals surface area (Å²) in [4.78, 5) is 5.17. The van der Waals surface area contributed by atoms with E-state index in [0.29, 0.717) is 0 Å². The van der Waals surface area contributed by atoms with E-state index in [1.807, 2.05) is 11.7 Å². The van der Waals surface area contributed by atoms with Crippen molar-refractivity contribution in [2.24, 2.45) is 5.73 Å². The largest absolute Gasteiger partial charge is 0.320 e. The maximum atomic E-state index is 6.19. The van der Waals surface area contributed by atoms with Crippen LogP contribution in [0.25, 0.3) is 0 Å². The highest BCUT2D eigenvalue weighted by molar-refractivity contribution is 7.09. The number of hydrogen-bond donors (Lipinski definition) is 1. The molecular weight excluding hydrogens is 228 g/mol. The molecule has 1 aromatic heterocycles. The fourth-order valence-electron chi connectivity index (χ4n) is 1.73. The van der Waals surface area contributed by atoms with Crippen molar-refractivity contribution in [3.8, 4) is 0 Å². The summed E-state index contributed by atoms with van der Waals surface area (Å²) >= 11 is 1.60. The minimum absolute atomic E-state index is 0.0588. The van der Waals surface area contributed by atoms with Crippen LogP contribution in [-0.4, -0.2) is 4.98 Å². The van der Waals surface area contributed by atoms with E-state index in [1.165, 1.54) is 5.56 Å². The van der Waals surface area contributed by atoms with E-state index in [1.54, 1.807) is 11.3 Å². The molecule has 0 radical (unpaired) electrons. The normalized spacial score (nSPS) is 13.6. The van der Waals surface area contributed by atoms with Gasteiger partial charge in [-0.3, -0.25) is 4.98 Å². The third kappa shape index (κ3) is 2.73. The second-order valence-corrected chi connectivity index (χ2v) is 6.17. The van der Waals surface area contributed by atoms with Gasteiger partial charge in [-0.25, -0.2) is 0 Å². The Labute approximate surface area is 107 Å². The standard InChI is InChI=1S/C14H18N2S/c1-14(2,3)11-6-4-10(5-7-11)13(15)12-8-16-9-17-12/h4-9,13H,15H2,1-3H3. The van der Waals surface area contributed by atoms with E-state index in [-0.39, 0.29) is 11.5 Å². The van der Waals surface area contributed by atoms with Crippen molar-refractivity contribution in [2.75, 3.05) is 0 Å². The van der Waals surface area contributed by atoms with Gasteiger partial charge in [0.2, 0.25) is 0 Å². The molecule has 0 fully saturated rings. The van der Waals surface area contributed by atoms with Gasteiger partial charge in [0.15, 0.2) is 0 Å². The summed E-state index contributed by atoms with van der Waals surface area (Å²) in [5, 5.41) is 0. The second-order valence-electron chi connectivity index (χ2n) is 5.25. The minimum Gasteiger partial charge on any atom is -0.320 e. The summed E-state index contributed by atoms with van der Waals surface area (Å²) in [6.07, 6.45) is 1.84. The van der Waals surface area contributed by atoms with Crippen LogP contribution in [0.15, 0.2) is 36.0 Å². The highest BCUT2D eigenvalue weighted by atomic mass is 32.1. The van der Waals surface area contributed by atoms with Crippen molar-refractivity contribution in [2.45, 2.75) is 32.2 Å².